The maximum Gasteiger partial charge on any atom is 0.333 e. The predicted molar refractivity (Wildman–Crippen MR) is 276 cm³/mol. The maximum absolute atomic E-state index is 7.55. The highest BCUT2D eigenvalue weighted by Crippen LogP contribution is 2.50. The fourth-order valence-corrected chi connectivity index (χ4v) is 46.3. The molecule has 0 aromatic rings. The molecule has 0 radical (unpaired) electrons. The molecule has 10 heteroatoms. The first-order valence-corrected chi connectivity index (χ1v) is 35.0. The lowest BCUT2D eigenvalue weighted by molar-refractivity contribution is 0.160. The van der Waals surface area contributed by atoms with Crippen LogP contribution in [0.2, 0.25) is 77.6 Å². The van der Waals surface area contributed by atoms with Gasteiger partial charge in [0.1, 0.15) is 0 Å². The average molecular weight is 898 g/mol. The Balaban J connectivity index is -0.000000409. The molecule has 0 spiro atoms. The molecule has 0 aliphatic heterocycles. The van der Waals surface area contributed by atoms with E-state index in [0.29, 0.717) is 66.5 Å². The van der Waals surface area contributed by atoms with E-state index in [9.17, 15) is 0 Å². The van der Waals surface area contributed by atoms with Crippen LogP contribution in [0.15, 0.2) is 0 Å². The quantitative estimate of drug-likeness (QED) is 0.101. The zero-order chi connectivity index (χ0) is 44.8. The van der Waals surface area contributed by atoms with Crippen LogP contribution in [-0.4, -0.2) is 58.4 Å². The second kappa shape index (κ2) is 28.0. The number of hydrogen-bond donors (Lipinski definition) is 0. The molecule has 0 rings (SSSR count). The Morgan fingerprint density at radius 2 is 0.571 bits per heavy atom. The highest BCUT2D eigenvalue weighted by molar-refractivity contribution is 6.90. The molecule has 0 amide bonds. The standard InChI is InChI=1S/C21H50O2Si3.C18H42O2Si2.C6H16Si.CH4/c1-15(2)24(16(3)4)22-26(20(11)12,21(13)14)23-25(17(5)6,18(7)8)19(9)10;1-13(2)19-22(17(9)10,18(11)12)20-21(14(3)4,15(5)6)16(7)8;1-5(2)7-6(3)4;/h15-21,24H,1-14H3;13-18H,1-12H3;5-6H,7H2,1-4H3;1H4. The van der Waals surface area contributed by atoms with Crippen molar-refractivity contribution in [2.45, 2.75) is 299 Å². The Labute approximate surface area is 366 Å². The van der Waals surface area contributed by atoms with Crippen LogP contribution >= 0.6 is 0 Å². The third-order valence-electron chi connectivity index (χ3n) is 12.3. The highest BCUT2D eigenvalue weighted by atomic mass is 28.5. The molecule has 4 nitrogen and oxygen atoms in total. The van der Waals surface area contributed by atoms with Gasteiger partial charge in [-0.3, -0.25) is 0 Å². The highest BCUT2D eigenvalue weighted by Gasteiger charge is 2.57. The molecule has 0 aromatic heterocycles. The van der Waals surface area contributed by atoms with E-state index in [0.717, 1.165) is 11.1 Å². The van der Waals surface area contributed by atoms with Crippen molar-refractivity contribution >= 4 is 52.3 Å². The van der Waals surface area contributed by atoms with Crippen molar-refractivity contribution in [1.82, 2.24) is 0 Å². The monoisotopic (exact) mass is 897 g/mol. The van der Waals surface area contributed by atoms with Gasteiger partial charge in [-0.1, -0.05) is 212 Å². The lowest BCUT2D eigenvalue weighted by Crippen LogP contribution is -2.62. The molecule has 0 aliphatic carbocycles. The van der Waals surface area contributed by atoms with Gasteiger partial charge in [-0.05, 0) is 80.3 Å². The minimum Gasteiger partial charge on any atom is -0.438 e. The van der Waals surface area contributed by atoms with E-state index in [2.05, 4.69) is 208 Å². The predicted octanol–water partition coefficient (Wildman–Crippen LogP) is 17.3. The second-order valence-corrected chi connectivity index (χ2v) is 50.2. The third-order valence-corrected chi connectivity index (χ3v) is 42.9. The summed E-state index contributed by atoms with van der Waals surface area (Å²) < 4.78 is 28.8. The molecule has 0 N–H and O–H groups in total. The van der Waals surface area contributed by atoms with Gasteiger partial charge in [-0.2, -0.15) is 0 Å². The van der Waals surface area contributed by atoms with Crippen LogP contribution in [0.25, 0.3) is 0 Å². The zero-order valence-electron chi connectivity index (χ0n) is 43.6. The van der Waals surface area contributed by atoms with Crippen molar-refractivity contribution in [3.05, 3.63) is 0 Å². The van der Waals surface area contributed by atoms with Crippen molar-refractivity contribution in [2.24, 2.45) is 0 Å². The van der Waals surface area contributed by atoms with E-state index < -0.39 is 42.8 Å². The summed E-state index contributed by atoms with van der Waals surface area (Å²) in [6.07, 6.45) is 0.231. The molecule has 0 unspecified atom stereocenters. The summed E-state index contributed by atoms with van der Waals surface area (Å²) in [5.41, 5.74) is 8.86. The summed E-state index contributed by atoms with van der Waals surface area (Å²) in [5, 5.41) is 0. The van der Waals surface area contributed by atoms with Crippen molar-refractivity contribution in [2.75, 3.05) is 0 Å². The van der Waals surface area contributed by atoms with Gasteiger partial charge in [0.05, 0.1) is 0 Å². The van der Waals surface area contributed by atoms with Gasteiger partial charge in [0, 0.05) is 15.6 Å². The van der Waals surface area contributed by atoms with Crippen molar-refractivity contribution in [1.29, 1.82) is 0 Å². The molecule has 0 bridgehead atoms. The van der Waals surface area contributed by atoms with E-state index >= 15 is 0 Å². The minimum absolute atomic E-state index is 0. The summed E-state index contributed by atoms with van der Waals surface area (Å²) in [7, 11) is -9.56. The van der Waals surface area contributed by atoms with Gasteiger partial charge >= 0.3 is 17.1 Å². The van der Waals surface area contributed by atoms with Crippen LogP contribution in [0.3, 0.4) is 0 Å². The Bertz CT molecular complexity index is 901. The SMILES string of the molecule is C.CC(C)O[Si](O[Si](C(C)C)(C(C)C)C(C)C)(C(C)C)C(C)C.CC(C)[SiH2]C(C)C.CC(C)[SiH](O[Si](O[Si](C(C)C)(C(C)C)C(C)C)(C(C)C)C(C)C)C(C)C. The van der Waals surface area contributed by atoms with Crippen LogP contribution in [0.4, 0.5) is 0 Å². The largest absolute Gasteiger partial charge is 0.438 e. The summed E-state index contributed by atoms with van der Waals surface area (Å²) in [6, 6.07) is 0. The molecule has 0 aromatic carbocycles. The summed E-state index contributed by atoms with van der Waals surface area (Å²) >= 11 is 0. The molecule has 0 saturated heterocycles. The van der Waals surface area contributed by atoms with Gasteiger partial charge in [0.25, 0.3) is 0 Å². The summed E-state index contributed by atoms with van der Waals surface area (Å²) in [6.45, 7) is 70.2. The summed E-state index contributed by atoms with van der Waals surface area (Å²) in [5.74, 6) is 0. The molecule has 0 saturated carbocycles. The van der Waals surface area contributed by atoms with E-state index in [4.69, 9.17) is 16.8 Å². The fourth-order valence-electron chi connectivity index (χ4n) is 10.2. The zero-order valence-corrected chi connectivity index (χ0v) is 50.1. The summed E-state index contributed by atoms with van der Waals surface area (Å²) in [4.78, 5) is 0. The molecule has 0 fully saturated rings. The van der Waals surface area contributed by atoms with Gasteiger partial charge in [-0.15, -0.1) is 0 Å². The van der Waals surface area contributed by atoms with Crippen LogP contribution in [-0.2, 0) is 16.8 Å². The number of hydrogen-bond acceptors (Lipinski definition) is 4. The number of rotatable bonds is 22. The molecule has 56 heavy (non-hydrogen) atoms. The van der Waals surface area contributed by atoms with Crippen LogP contribution in [0, 0.1) is 0 Å². The lowest BCUT2D eigenvalue weighted by Gasteiger charge is -2.52. The first-order chi connectivity index (χ1) is 24.6. The molecule has 0 aliphatic rings. The van der Waals surface area contributed by atoms with E-state index in [1.807, 2.05) is 0 Å². The van der Waals surface area contributed by atoms with Gasteiger partial charge in [0.2, 0.25) is 0 Å². The molecule has 0 atom stereocenters. The van der Waals surface area contributed by atoms with E-state index in [-0.39, 0.29) is 23.1 Å². The topological polar surface area (TPSA) is 36.9 Å². The van der Waals surface area contributed by atoms with Gasteiger partial charge in [-0.25, -0.2) is 0 Å². The Kier molecular flexibility index (Phi) is 31.8. The minimum atomic E-state index is -2.34. The third kappa shape index (κ3) is 17.9. The smallest absolute Gasteiger partial charge is 0.333 e. The van der Waals surface area contributed by atoms with Crippen LogP contribution in [0.5, 0.6) is 0 Å². The molecule has 344 valence electrons. The van der Waals surface area contributed by atoms with Gasteiger partial charge < -0.3 is 16.8 Å². The van der Waals surface area contributed by atoms with Crippen LogP contribution < -0.4 is 0 Å². The van der Waals surface area contributed by atoms with Crippen LogP contribution in [0.1, 0.15) is 215 Å². The van der Waals surface area contributed by atoms with Crippen molar-refractivity contribution in [3.63, 3.8) is 0 Å². The first kappa shape index (κ1) is 63.8. The van der Waals surface area contributed by atoms with Gasteiger partial charge in [0.15, 0.2) is 25.7 Å². The molecule has 0 heterocycles. The normalized spacial score (nSPS) is 13.8. The average Bonchev–Trinajstić information content (AvgIpc) is 2.97. The Morgan fingerprint density at radius 1 is 0.339 bits per heavy atom. The Morgan fingerprint density at radius 3 is 0.714 bits per heavy atom. The second-order valence-electron chi connectivity index (χ2n) is 22.2. The first-order valence-electron chi connectivity index (χ1n) is 23.4. The maximum atomic E-state index is 7.55. The lowest BCUT2D eigenvalue weighted by atomic mass is 10.5. The van der Waals surface area contributed by atoms with Crippen molar-refractivity contribution in [3.8, 4) is 0 Å². The molecular weight excluding hydrogens is 785 g/mol. The van der Waals surface area contributed by atoms with E-state index in [1.54, 1.807) is 0 Å². The van der Waals surface area contributed by atoms with E-state index in [1.165, 1.54) is 0 Å². The Hall–Kier alpha value is 1.14. The van der Waals surface area contributed by atoms with Crippen molar-refractivity contribution < 1.29 is 16.8 Å². The fraction of sp³-hybridized carbons (Fsp3) is 1.00. The molecular formula is C46H112O4Si6.